The lowest BCUT2D eigenvalue weighted by Crippen LogP contribution is -2.53. The number of aromatic carboxylic acids is 1. The first-order chi connectivity index (χ1) is 20.0. The minimum Gasteiger partial charge on any atom is -0.496 e. The predicted octanol–water partition coefficient (Wildman–Crippen LogP) is 3.54. The Bertz CT molecular complexity index is 1270. The monoisotopic (exact) mass is 583 g/mol. The summed E-state index contributed by atoms with van der Waals surface area (Å²) < 4.78 is 5.87. The summed E-state index contributed by atoms with van der Waals surface area (Å²) in [5.41, 5.74) is 2.96. The van der Waals surface area contributed by atoms with Crippen molar-refractivity contribution in [3.63, 3.8) is 0 Å². The van der Waals surface area contributed by atoms with Gasteiger partial charge in [0.25, 0.3) is 0 Å². The molecule has 1 aliphatic heterocycles. The van der Waals surface area contributed by atoms with Gasteiger partial charge in [0.1, 0.15) is 17.9 Å². The number of carbonyl (C=O) groups is 2. The fraction of sp³-hybridized carbons (Fsp3) is 0.562. The first-order valence-electron chi connectivity index (χ1n) is 14.7. The first-order valence-corrected chi connectivity index (χ1v) is 14.7. The summed E-state index contributed by atoms with van der Waals surface area (Å²) in [6.45, 7) is 5.79. The Balaban J connectivity index is 1.70. The van der Waals surface area contributed by atoms with Crippen LogP contribution in [-0.2, 0) is 16.2 Å². The molecule has 7 atom stereocenters. The summed E-state index contributed by atoms with van der Waals surface area (Å²) in [6.07, 6.45) is 1.42. The van der Waals surface area contributed by atoms with Crippen LogP contribution >= 0.6 is 0 Å². The number of para-hydroxylation sites is 1. The number of benzene rings is 2. The van der Waals surface area contributed by atoms with Crippen molar-refractivity contribution >= 4 is 17.6 Å². The lowest BCUT2D eigenvalue weighted by Gasteiger charge is -2.36. The van der Waals surface area contributed by atoms with Crippen LogP contribution < -0.4 is 15.0 Å². The van der Waals surface area contributed by atoms with Gasteiger partial charge in [-0.2, -0.15) is 5.06 Å². The highest BCUT2D eigenvalue weighted by Gasteiger charge is 2.50. The van der Waals surface area contributed by atoms with Crippen molar-refractivity contribution < 1.29 is 34.5 Å². The highest BCUT2D eigenvalue weighted by Crippen LogP contribution is 2.39. The fourth-order valence-corrected chi connectivity index (χ4v) is 6.42. The van der Waals surface area contributed by atoms with Crippen LogP contribution in [0.2, 0.25) is 0 Å². The van der Waals surface area contributed by atoms with Gasteiger partial charge in [-0.25, -0.2) is 4.79 Å². The van der Waals surface area contributed by atoms with Gasteiger partial charge in [-0.05, 0) is 48.9 Å². The van der Waals surface area contributed by atoms with Crippen molar-refractivity contribution in [2.75, 3.05) is 32.7 Å². The van der Waals surface area contributed by atoms with Gasteiger partial charge >= 0.3 is 5.97 Å². The molecule has 1 saturated heterocycles. The molecule has 2 aromatic carbocycles. The van der Waals surface area contributed by atoms with E-state index in [1.54, 1.807) is 31.2 Å². The van der Waals surface area contributed by atoms with E-state index in [1.807, 2.05) is 43.3 Å². The molecule has 0 unspecified atom stereocenters. The Morgan fingerprint density at radius 3 is 2.55 bits per heavy atom. The minimum absolute atomic E-state index is 0.0243. The molecular formula is C32H45N3O7. The van der Waals surface area contributed by atoms with Crippen LogP contribution in [0.4, 0.5) is 5.69 Å². The molecule has 4 rings (SSSR count). The van der Waals surface area contributed by atoms with E-state index in [1.165, 1.54) is 0 Å². The quantitative estimate of drug-likeness (QED) is 0.332. The molecule has 0 aromatic heterocycles. The summed E-state index contributed by atoms with van der Waals surface area (Å²) >= 11 is 0. The lowest BCUT2D eigenvalue weighted by molar-refractivity contribution is -0.182. The Morgan fingerprint density at radius 1 is 1.19 bits per heavy atom. The Morgan fingerprint density at radius 2 is 1.93 bits per heavy atom. The van der Waals surface area contributed by atoms with Crippen LogP contribution in [0.1, 0.15) is 56.0 Å². The average molecular weight is 584 g/mol. The molecule has 1 aliphatic carbocycles. The number of anilines is 1. The van der Waals surface area contributed by atoms with Crippen LogP contribution in [0.5, 0.6) is 5.75 Å². The van der Waals surface area contributed by atoms with Gasteiger partial charge in [0.15, 0.2) is 0 Å². The Hall–Kier alpha value is -3.18. The second kappa shape index (κ2) is 13.4. The maximum absolute atomic E-state index is 13.9. The molecule has 4 N–H and O–H groups in total. The predicted molar refractivity (Wildman–Crippen MR) is 160 cm³/mol. The molecule has 1 heterocycles. The van der Waals surface area contributed by atoms with E-state index in [2.05, 4.69) is 19.2 Å². The molecule has 0 radical (unpaired) electrons. The molecule has 1 saturated carbocycles. The number of methoxy groups -OCH3 is 1. The molecule has 10 nitrogen and oxygen atoms in total. The first kappa shape index (κ1) is 31.7. The molecule has 1 amide bonds. The van der Waals surface area contributed by atoms with E-state index in [-0.39, 0.29) is 30.7 Å². The van der Waals surface area contributed by atoms with E-state index < -0.39 is 30.1 Å². The topological polar surface area (TPSA) is 132 Å². The molecule has 42 heavy (non-hydrogen) atoms. The molecule has 230 valence electrons. The number of carbonyl (C=O) groups excluding carboxylic acids is 1. The van der Waals surface area contributed by atoms with Gasteiger partial charge in [-0.1, -0.05) is 44.9 Å². The maximum atomic E-state index is 13.9. The lowest BCUT2D eigenvalue weighted by atomic mass is 9.77. The average Bonchev–Trinajstić information content (AvgIpc) is 3.33. The third kappa shape index (κ3) is 6.57. The smallest absolute Gasteiger partial charge is 0.335 e. The van der Waals surface area contributed by atoms with Crippen LogP contribution in [-0.4, -0.2) is 84.4 Å². The van der Waals surface area contributed by atoms with Crippen molar-refractivity contribution in [2.45, 2.75) is 70.9 Å². The molecule has 2 aliphatic rings. The zero-order valence-electron chi connectivity index (χ0n) is 25.4. The number of nitrogens with zero attached hydrogens (tertiary/aromatic N) is 2. The van der Waals surface area contributed by atoms with Crippen molar-refractivity contribution in [1.29, 1.82) is 0 Å². The van der Waals surface area contributed by atoms with Gasteiger partial charge in [0.2, 0.25) is 5.91 Å². The number of hydrogen-bond donors (Lipinski definition) is 4. The SMILES string of the molecule is COc1c(CN2O[C@@H](CO)[C@H]([C@H](C)O)[C@H]2C(=O)N[C@H]2CCC[C@H](C)[C@@H]2C)cccc1-c1cc(C(=O)O)cc(N(C)C)c1. The maximum Gasteiger partial charge on any atom is 0.335 e. The highest BCUT2D eigenvalue weighted by atomic mass is 16.7. The standard InChI is InChI=1S/C32H45N3O7/c1-18-9-7-12-26(19(18)2)33-31(38)29-28(20(3)37)27(17-36)42-35(29)16-21-10-8-11-25(30(21)41-6)22-13-23(32(39)40)15-24(14-22)34(4)5/h8,10-11,13-15,18-20,26-29,36-37H,7,9,12,16-17H2,1-6H3,(H,33,38)(H,39,40)/t18-,19-,20-,26-,27-,28-,29-/m0/s1. The van der Waals surface area contributed by atoms with Crippen molar-refractivity contribution in [3.8, 4) is 16.9 Å². The Labute approximate surface area is 248 Å². The largest absolute Gasteiger partial charge is 0.496 e. The molecule has 10 heteroatoms. The van der Waals surface area contributed by atoms with Crippen LogP contribution in [0.3, 0.4) is 0 Å². The van der Waals surface area contributed by atoms with E-state index in [9.17, 15) is 24.9 Å². The molecule has 2 aromatic rings. The van der Waals surface area contributed by atoms with Gasteiger partial charge in [-0.15, -0.1) is 0 Å². The number of aliphatic hydroxyl groups excluding tert-OH is 2. The fourth-order valence-electron chi connectivity index (χ4n) is 6.42. The van der Waals surface area contributed by atoms with Gasteiger partial charge in [0.05, 0.1) is 31.9 Å². The molecule has 0 bridgehead atoms. The van der Waals surface area contributed by atoms with Gasteiger partial charge < -0.3 is 30.3 Å². The van der Waals surface area contributed by atoms with E-state index in [0.717, 1.165) is 24.9 Å². The van der Waals surface area contributed by atoms with Crippen LogP contribution in [0.15, 0.2) is 36.4 Å². The third-order valence-corrected chi connectivity index (χ3v) is 9.03. The van der Waals surface area contributed by atoms with E-state index >= 15 is 0 Å². The summed E-state index contributed by atoms with van der Waals surface area (Å²) in [5, 5.41) is 35.4. The third-order valence-electron chi connectivity index (χ3n) is 9.03. The zero-order chi connectivity index (χ0) is 30.7. The van der Waals surface area contributed by atoms with E-state index in [0.29, 0.717) is 34.3 Å². The van der Waals surface area contributed by atoms with Gasteiger partial charge in [-0.3, -0.25) is 9.63 Å². The molecule has 2 fully saturated rings. The van der Waals surface area contributed by atoms with Crippen molar-refractivity contribution in [2.24, 2.45) is 17.8 Å². The summed E-state index contributed by atoms with van der Waals surface area (Å²) in [7, 11) is 5.24. The van der Waals surface area contributed by atoms with Crippen molar-refractivity contribution in [1.82, 2.24) is 10.4 Å². The zero-order valence-corrected chi connectivity index (χ0v) is 25.4. The number of nitrogens with one attached hydrogen (secondary N) is 1. The second-order valence-corrected chi connectivity index (χ2v) is 12.0. The number of hydrogen-bond acceptors (Lipinski definition) is 8. The van der Waals surface area contributed by atoms with Gasteiger partial charge in [0, 0.05) is 42.9 Å². The number of hydroxylamine groups is 2. The number of amides is 1. The van der Waals surface area contributed by atoms with Crippen LogP contribution in [0.25, 0.3) is 11.1 Å². The van der Waals surface area contributed by atoms with E-state index in [4.69, 9.17) is 9.57 Å². The summed E-state index contributed by atoms with van der Waals surface area (Å²) in [5.74, 6) is -0.573. The molecule has 0 spiro atoms. The number of carboxylic acid groups (broad SMARTS) is 1. The number of carboxylic acids is 1. The van der Waals surface area contributed by atoms with Crippen LogP contribution in [0, 0.1) is 17.8 Å². The number of ether oxygens (including phenoxy) is 1. The Kier molecular flexibility index (Phi) is 10.1. The number of aliphatic hydroxyl groups is 2. The minimum atomic E-state index is -1.03. The number of rotatable bonds is 10. The highest BCUT2D eigenvalue weighted by molar-refractivity contribution is 5.92. The summed E-state index contributed by atoms with van der Waals surface area (Å²) in [6, 6.07) is 9.88. The van der Waals surface area contributed by atoms with Crippen molar-refractivity contribution in [3.05, 3.63) is 47.5 Å². The second-order valence-electron chi connectivity index (χ2n) is 12.0. The normalized spacial score (nSPS) is 27.0. The summed E-state index contributed by atoms with van der Waals surface area (Å²) in [4.78, 5) is 33.7. The molecular weight excluding hydrogens is 538 g/mol.